The van der Waals surface area contributed by atoms with Gasteiger partial charge < -0.3 is 19.5 Å². The Labute approximate surface area is 125 Å². The fraction of sp³-hybridized carbons (Fsp3) is 0.600. The second-order valence-corrected chi connectivity index (χ2v) is 5.73. The first kappa shape index (κ1) is 14.8. The summed E-state index contributed by atoms with van der Waals surface area (Å²) in [6.45, 7) is 3.36. The van der Waals surface area contributed by atoms with Crippen molar-refractivity contribution < 1.29 is 19.5 Å². The molecule has 3 rings (SSSR count). The van der Waals surface area contributed by atoms with E-state index in [2.05, 4.69) is 4.90 Å². The van der Waals surface area contributed by atoms with Gasteiger partial charge in [-0.1, -0.05) is 12.1 Å². The summed E-state index contributed by atoms with van der Waals surface area (Å²) in [5.41, 5.74) is 0.476. The number of nitrogens with zero attached hydrogens (tertiary/aromatic N) is 1. The van der Waals surface area contributed by atoms with Crippen molar-refractivity contribution in [1.29, 1.82) is 0 Å². The summed E-state index contributed by atoms with van der Waals surface area (Å²) in [6.07, 6.45) is 4.10. The highest BCUT2D eigenvalue weighted by Gasteiger charge is 2.35. The van der Waals surface area contributed by atoms with E-state index in [-0.39, 0.29) is 0 Å². The van der Waals surface area contributed by atoms with E-state index < -0.39 is 7.12 Å². The molecule has 1 aliphatic heterocycles. The zero-order chi connectivity index (χ0) is 14.7. The van der Waals surface area contributed by atoms with Crippen molar-refractivity contribution in [2.24, 2.45) is 0 Å². The van der Waals surface area contributed by atoms with Gasteiger partial charge in [0.25, 0.3) is 0 Å². The first-order valence-electron chi connectivity index (χ1n) is 7.68. The average molecular weight is 291 g/mol. The third kappa shape index (κ3) is 3.58. The molecule has 1 saturated carbocycles. The van der Waals surface area contributed by atoms with Crippen LogP contribution in [0.5, 0.6) is 5.75 Å². The Hall–Kier alpha value is -1.08. The van der Waals surface area contributed by atoms with Crippen LogP contribution < -0.4 is 10.2 Å². The van der Waals surface area contributed by atoms with Crippen molar-refractivity contribution >= 4 is 12.6 Å². The Morgan fingerprint density at radius 1 is 1.24 bits per heavy atom. The highest BCUT2D eigenvalue weighted by molar-refractivity contribution is 6.58. The van der Waals surface area contributed by atoms with Crippen LogP contribution in [0.4, 0.5) is 0 Å². The van der Waals surface area contributed by atoms with Crippen LogP contribution in [-0.4, -0.2) is 60.5 Å². The molecule has 1 aliphatic carbocycles. The lowest BCUT2D eigenvalue weighted by molar-refractivity contribution is -0.0583. The van der Waals surface area contributed by atoms with E-state index in [1.54, 1.807) is 24.3 Å². The highest BCUT2D eigenvalue weighted by Crippen LogP contribution is 2.29. The molecule has 2 unspecified atom stereocenters. The van der Waals surface area contributed by atoms with Crippen molar-refractivity contribution in [3.8, 4) is 5.75 Å². The predicted molar refractivity (Wildman–Crippen MR) is 80.7 cm³/mol. The standard InChI is InChI=1S/C15H22BNO4/c18-16(19)12-4-6-13(7-5-12)20-10-8-17-9-11-21-15-3-1-2-14(15)17/h4-7,14-15,18-19H,1-3,8-11H2. The van der Waals surface area contributed by atoms with E-state index in [4.69, 9.17) is 19.5 Å². The molecule has 5 nitrogen and oxygen atoms in total. The van der Waals surface area contributed by atoms with Crippen LogP contribution in [0.3, 0.4) is 0 Å². The molecule has 2 atom stereocenters. The quantitative estimate of drug-likeness (QED) is 0.748. The first-order valence-corrected chi connectivity index (χ1v) is 7.68. The van der Waals surface area contributed by atoms with Crippen molar-refractivity contribution in [3.05, 3.63) is 24.3 Å². The van der Waals surface area contributed by atoms with E-state index >= 15 is 0 Å². The minimum atomic E-state index is -1.42. The maximum Gasteiger partial charge on any atom is 0.488 e. The molecule has 1 heterocycles. The molecular weight excluding hydrogens is 269 g/mol. The van der Waals surface area contributed by atoms with Gasteiger partial charge in [0.15, 0.2) is 0 Å². The summed E-state index contributed by atoms with van der Waals surface area (Å²) < 4.78 is 11.5. The number of benzene rings is 1. The first-order chi connectivity index (χ1) is 10.2. The molecule has 1 saturated heterocycles. The van der Waals surface area contributed by atoms with Gasteiger partial charge in [0.05, 0.1) is 12.7 Å². The molecule has 1 aromatic rings. The van der Waals surface area contributed by atoms with E-state index in [0.29, 0.717) is 24.2 Å². The average Bonchev–Trinajstić information content (AvgIpc) is 2.97. The number of hydrogen-bond donors (Lipinski definition) is 2. The van der Waals surface area contributed by atoms with Crippen LogP contribution in [0.15, 0.2) is 24.3 Å². The molecule has 0 radical (unpaired) electrons. The van der Waals surface area contributed by atoms with Gasteiger partial charge in [0, 0.05) is 19.1 Å². The van der Waals surface area contributed by atoms with Crippen LogP contribution in [0.25, 0.3) is 0 Å². The summed E-state index contributed by atoms with van der Waals surface area (Å²) in [6, 6.07) is 7.44. The molecule has 2 fully saturated rings. The third-order valence-corrected chi connectivity index (χ3v) is 4.42. The number of rotatable bonds is 5. The number of hydrogen-bond acceptors (Lipinski definition) is 5. The summed E-state index contributed by atoms with van der Waals surface area (Å²) in [7, 11) is -1.42. The van der Waals surface area contributed by atoms with E-state index in [1.807, 2.05) is 0 Å². The van der Waals surface area contributed by atoms with Gasteiger partial charge in [0.2, 0.25) is 0 Å². The summed E-state index contributed by atoms with van der Waals surface area (Å²) in [4.78, 5) is 2.48. The second-order valence-electron chi connectivity index (χ2n) is 5.73. The zero-order valence-corrected chi connectivity index (χ0v) is 12.1. The molecule has 0 spiro atoms. The molecular formula is C15H22BNO4. The summed E-state index contributed by atoms with van der Waals surface area (Å²) in [5, 5.41) is 18.1. The van der Waals surface area contributed by atoms with E-state index in [0.717, 1.165) is 25.4 Å². The van der Waals surface area contributed by atoms with Gasteiger partial charge >= 0.3 is 7.12 Å². The topological polar surface area (TPSA) is 62.2 Å². The van der Waals surface area contributed by atoms with Crippen molar-refractivity contribution in [2.75, 3.05) is 26.3 Å². The molecule has 0 aromatic heterocycles. The summed E-state index contributed by atoms with van der Waals surface area (Å²) in [5.74, 6) is 0.760. The third-order valence-electron chi connectivity index (χ3n) is 4.42. The van der Waals surface area contributed by atoms with Crippen LogP contribution in [0.1, 0.15) is 19.3 Å². The maximum absolute atomic E-state index is 9.04. The lowest BCUT2D eigenvalue weighted by Crippen LogP contribution is -2.49. The molecule has 1 aromatic carbocycles. The molecule has 114 valence electrons. The maximum atomic E-state index is 9.04. The summed E-state index contributed by atoms with van der Waals surface area (Å²) >= 11 is 0. The van der Waals surface area contributed by atoms with Gasteiger partial charge in [-0.3, -0.25) is 4.90 Å². The molecule has 21 heavy (non-hydrogen) atoms. The smallest absolute Gasteiger partial charge is 0.488 e. The lowest BCUT2D eigenvalue weighted by Gasteiger charge is -2.37. The van der Waals surface area contributed by atoms with Gasteiger partial charge in [0.1, 0.15) is 12.4 Å². The van der Waals surface area contributed by atoms with Crippen molar-refractivity contribution in [2.45, 2.75) is 31.4 Å². The SMILES string of the molecule is OB(O)c1ccc(OCCN2CCOC3CCCC32)cc1. The van der Waals surface area contributed by atoms with Crippen molar-refractivity contribution in [3.63, 3.8) is 0 Å². The van der Waals surface area contributed by atoms with Gasteiger partial charge in [-0.05, 0) is 36.9 Å². The fourth-order valence-corrected chi connectivity index (χ4v) is 3.30. The lowest BCUT2D eigenvalue weighted by atomic mass is 9.80. The van der Waals surface area contributed by atoms with Crippen LogP contribution in [0.2, 0.25) is 0 Å². The molecule has 6 heteroatoms. The number of morpholine rings is 1. The monoisotopic (exact) mass is 291 g/mol. The number of fused-ring (bicyclic) bond motifs is 1. The Balaban J connectivity index is 1.47. The normalized spacial score (nSPS) is 25.6. The van der Waals surface area contributed by atoms with Crippen LogP contribution in [-0.2, 0) is 4.74 Å². The van der Waals surface area contributed by atoms with Crippen LogP contribution >= 0.6 is 0 Å². The Morgan fingerprint density at radius 2 is 2.05 bits per heavy atom. The second kappa shape index (κ2) is 6.79. The largest absolute Gasteiger partial charge is 0.492 e. The minimum Gasteiger partial charge on any atom is -0.492 e. The minimum absolute atomic E-state index is 0.420. The van der Waals surface area contributed by atoms with Gasteiger partial charge in [-0.25, -0.2) is 0 Å². The Morgan fingerprint density at radius 3 is 2.81 bits per heavy atom. The van der Waals surface area contributed by atoms with Gasteiger partial charge in [-0.2, -0.15) is 0 Å². The fourth-order valence-electron chi connectivity index (χ4n) is 3.30. The van der Waals surface area contributed by atoms with E-state index in [9.17, 15) is 0 Å². The molecule has 0 bridgehead atoms. The highest BCUT2D eigenvalue weighted by atomic mass is 16.5. The predicted octanol–water partition coefficient (Wildman–Crippen LogP) is -0.00150. The Bertz CT molecular complexity index is 453. The van der Waals surface area contributed by atoms with E-state index in [1.165, 1.54) is 19.3 Å². The van der Waals surface area contributed by atoms with Crippen molar-refractivity contribution in [1.82, 2.24) is 4.90 Å². The molecule has 0 amide bonds. The Kier molecular flexibility index (Phi) is 4.80. The molecule has 2 N–H and O–H groups in total. The van der Waals surface area contributed by atoms with Gasteiger partial charge in [-0.15, -0.1) is 0 Å². The number of ether oxygens (including phenoxy) is 2. The molecule has 2 aliphatic rings. The van der Waals surface area contributed by atoms with Crippen LogP contribution in [0, 0.1) is 0 Å². The zero-order valence-electron chi connectivity index (χ0n) is 12.1.